The summed E-state index contributed by atoms with van der Waals surface area (Å²) in [5.41, 5.74) is 0.779. The van der Waals surface area contributed by atoms with Crippen LogP contribution in [0.2, 0.25) is 5.28 Å². The summed E-state index contributed by atoms with van der Waals surface area (Å²) in [6.07, 6.45) is -4.11. The first-order valence-electron chi connectivity index (χ1n) is 10.2. The molecule has 1 fully saturated rings. The SMILES string of the molecule is CCNC(=O)C1OC(n2cnc3c(NC(=O)Nc4ccc(OC)cc4)nc(Cl)nc32)C(O)C1O. The standard InChI is InChI=1S/C20H22ClN7O6/c1-3-22-17(31)14-12(29)13(30)18(34-14)28-8-23-11-15(25-19(21)27-16(11)28)26-20(32)24-9-4-6-10(33-2)7-5-9/h4-8,12-14,18,29-30H,3H2,1-2H3,(H,22,31)(H2,24,25,26,27,32). The predicted molar refractivity (Wildman–Crippen MR) is 121 cm³/mol. The number of carbonyl (C=O) groups is 2. The van der Waals surface area contributed by atoms with Gasteiger partial charge in [-0.25, -0.2) is 9.78 Å². The fraction of sp³-hybridized carbons (Fsp3) is 0.350. The summed E-state index contributed by atoms with van der Waals surface area (Å²) in [7, 11) is 1.54. The number of hydrogen-bond donors (Lipinski definition) is 5. The minimum absolute atomic E-state index is 0.00747. The number of rotatable bonds is 6. The summed E-state index contributed by atoms with van der Waals surface area (Å²) in [6.45, 7) is 2.05. The Morgan fingerprint density at radius 2 is 1.91 bits per heavy atom. The van der Waals surface area contributed by atoms with E-state index < -0.39 is 36.5 Å². The Hall–Kier alpha value is -3.52. The molecule has 1 aliphatic rings. The number of methoxy groups -OCH3 is 1. The van der Waals surface area contributed by atoms with Crippen molar-refractivity contribution < 1.29 is 29.3 Å². The maximum Gasteiger partial charge on any atom is 0.324 e. The van der Waals surface area contributed by atoms with Gasteiger partial charge in [0.1, 0.15) is 18.0 Å². The van der Waals surface area contributed by atoms with E-state index in [0.717, 1.165) is 0 Å². The van der Waals surface area contributed by atoms with Crippen LogP contribution in [0.15, 0.2) is 30.6 Å². The molecule has 4 unspecified atom stereocenters. The minimum Gasteiger partial charge on any atom is -0.497 e. The van der Waals surface area contributed by atoms with Gasteiger partial charge in [-0.1, -0.05) is 0 Å². The van der Waals surface area contributed by atoms with Crippen LogP contribution in [0.25, 0.3) is 11.2 Å². The van der Waals surface area contributed by atoms with Gasteiger partial charge in [0.15, 0.2) is 29.3 Å². The van der Waals surface area contributed by atoms with Crippen LogP contribution in [-0.4, -0.2) is 73.6 Å². The molecule has 2 aromatic heterocycles. The fourth-order valence-corrected chi connectivity index (χ4v) is 3.65. The van der Waals surface area contributed by atoms with Crippen LogP contribution < -0.4 is 20.7 Å². The highest BCUT2D eigenvalue weighted by atomic mass is 35.5. The van der Waals surface area contributed by atoms with Gasteiger partial charge in [0, 0.05) is 12.2 Å². The van der Waals surface area contributed by atoms with Gasteiger partial charge in [-0.3, -0.25) is 14.7 Å². The van der Waals surface area contributed by atoms with Crippen molar-refractivity contribution in [3.8, 4) is 5.75 Å². The quantitative estimate of drug-likeness (QED) is 0.314. The van der Waals surface area contributed by atoms with Gasteiger partial charge in [-0.15, -0.1) is 0 Å². The summed E-state index contributed by atoms with van der Waals surface area (Å²) < 4.78 is 12.0. The highest BCUT2D eigenvalue weighted by Crippen LogP contribution is 2.33. The number of nitrogens with one attached hydrogen (secondary N) is 3. The van der Waals surface area contributed by atoms with E-state index in [4.69, 9.17) is 21.1 Å². The normalized spacial score (nSPS) is 21.9. The molecule has 4 atom stereocenters. The number of nitrogens with zero attached hydrogens (tertiary/aromatic N) is 4. The lowest BCUT2D eigenvalue weighted by molar-refractivity contribution is -0.137. The zero-order valence-electron chi connectivity index (χ0n) is 18.1. The van der Waals surface area contributed by atoms with Crippen LogP contribution in [0, 0.1) is 0 Å². The number of imidazole rings is 1. The summed E-state index contributed by atoms with van der Waals surface area (Å²) in [5, 5.41) is 28.3. The van der Waals surface area contributed by atoms with Crippen molar-refractivity contribution in [2.24, 2.45) is 0 Å². The lowest BCUT2D eigenvalue weighted by Crippen LogP contribution is -2.42. The third-order valence-corrected chi connectivity index (χ3v) is 5.26. The molecule has 0 radical (unpaired) electrons. The average Bonchev–Trinajstić information content (AvgIpc) is 3.35. The number of hydrogen-bond acceptors (Lipinski definition) is 9. The number of amides is 3. The van der Waals surface area contributed by atoms with Gasteiger partial charge >= 0.3 is 6.03 Å². The van der Waals surface area contributed by atoms with Crippen molar-refractivity contribution in [1.29, 1.82) is 0 Å². The monoisotopic (exact) mass is 491 g/mol. The number of halogens is 1. The van der Waals surface area contributed by atoms with E-state index in [1.807, 2.05) is 0 Å². The summed E-state index contributed by atoms with van der Waals surface area (Å²) in [6, 6.07) is 6.08. The first-order chi connectivity index (χ1) is 16.3. The molecule has 5 N–H and O–H groups in total. The van der Waals surface area contributed by atoms with Gasteiger partial charge < -0.3 is 30.3 Å². The lowest BCUT2D eigenvalue weighted by atomic mass is 10.1. The maximum absolute atomic E-state index is 12.5. The van der Waals surface area contributed by atoms with Crippen molar-refractivity contribution in [1.82, 2.24) is 24.8 Å². The molecule has 0 aliphatic carbocycles. The van der Waals surface area contributed by atoms with E-state index in [2.05, 4.69) is 30.9 Å². The number of fused-ring (bicyclic) bond motifs is 1. The Bertz CT molecular complexity index is 1200. The summed E-state index contributed by atoms with van der Waals surface area (Å²) >= 11 is 6.06. The molecular formula is C20H22ClN7O6. The molecular weight excluding hydrogens is 470 g/mol. The maximum atomic E-state index is 12.5. The fourth-order valence-electron chi connectivity index (χ4n) is 3.49. The molecule has 0 bridgehead atoms. The Balaban J connectivity index is 1.57. The van der Waals surface area contributed by atoms with Crippen molar-refractivity contribution in [2.75, 3.05) is 24.3 Å². The smallest absolute Gasteiger partial charge is 0.324 e. The van der Waals surface area contributed by atoms with E-state index in [0.29, 0.717) is 18.0 Å². The molecule has 3 amide bonds. The van der Waals surface area contributed by atoms with Crippen LogP contribution in [-0.2, 0) is 9.53 Å². The number of aromatic nitrogens is 4. The van der Waals surface area contributed by atoms with E-state index in [-0.39, 0.29) is 22.3 Å². The highest BCUT2D eigenvalue weighted by Gasteiger charge is 2.47. The average molecular weight is 492 g/mol. The largest absolute Gasteiger partial charge is 0.497 e. The Morgan fingerprint density at radius 1 is 1.18 bits per heavy atom. The molecule has 1 aromatic carbocycles. The molecule has 34 heavy (non-hydrogen) atoms. The predicted octanol–water partition coefficient (Wildman–Crippen LogP) is 0.888. The molecule has 13 nitrogen and oxygen atoms in total. The van der Waals surface area contributed by atoms with E-state index in [1.54, 1.807) is 31.2 Å². The summed E-state index contributed by atoms with van der Waals surface area (Å²) in [5.74, 6) is 0.0795. The topological polar surface area (TPSA) is 173 Å². The second kappa shape index (κ2) is 9.77. The highest BCUT2D eigenvalue weighted by molar-refractivity contribution is 6.28. The van der Waals surface area contributed by atoms with Crippen molar-refractivity contribution in [3.05, 3.63) is 35.9 Å². The Morgan fingerprint density at radius 3 is 2.59 bits per heavy atom. The number of urea groups is 1. The summed E-state index contributed by atoms with van der Waals surface area (Å²) in [4.78, 5) is 37.0. The van der Waals surface area contributed by atoms with Crippen molar-refractivity contribution in [3.63, 3.8) is 0 Å². The van der Waals surface area contributed by atoms with Crippen molar-refractivity contribution in [2.45, 2.75) is 31.5 Å². The molecule has 0 spiro atoms. The lowest BCUT2D eigenvalue weighted by Gasteiger charge is -2.16. The van der Waals surface area contributed by atoms with Crippen LogP contribution in [0.5, 0.6) is 5.75 Å². The number of likely N-dealkylation sites (N-methyl/N-ethyl adjacent to an activating group) is 1. The van der Waals surface area contributed by atoms with Crippen LogP contribution in [0.1, 0.15) is 13.2 Å². The molecule has 14 heteroatoms. The van der Waals surface area contributed by atoms with Gasteiger partial charge in [0.2, 0.25) is 5.28 Å². The molecule has 0 saturated carbocycles. The first kappa shape index (κ1) is 23.6. The number of aliphatic hydroxyl groups is 2. The molecule has 4 rings (SSSR count). The van der Waals surface area contributed by atoms with Gasteiger partial charge in [0.05, 0.1) is 13.4 Å². The van der Waals surface area contributed by atoms with Crippen LogP contribution in [0.4, 0.5) is 16.3 Å². The second-order valence-corrected chi connectivity index (χ2v) is 7.63. The second-order valence-electron chi connectivity index (χ2n) is 7.30. The third-order valence-electron chi connectivity index (χ3n) is 5.10. The zero-order valence-corrected chi connectivity index (χ0v) is 18.9. The number of carbonyl (C=O) groups excluding carboxylic acids is 2. The van der Waals surface area contributed by atoms with Crippen molar-refractivity contribution >= 4 is 46.2 Å². The Labute approximate surface area is 198 Å². The van der Waals surface area contributed by atoms with Gasteiger partial charge in [0.25, 0.3) is 5.91 Å². The minimum atomic E-state index is -1.47. The molecule has 180 valence electrons. The number of ether oxygens (including phenoxy) is 2. The van der Waals surface area contributed by atoms with E-state index in [9.17, 15) is 19.8 Å². The number of aliphatic hydroxyl groups excluding tert-OH is 2. The van der Waals surface area contributed by atoms with Crippen LogP contribution in [0.3, 0.4) is 0 Å². The molecule has 1 saturated heterocycles. The molecule has 1 aliphatic heterocycles. The molecule has 3 aromatic rings. The van der Waals surface area contributed by atoms with Crippen LogP contribution >= 0.6 is 11.6 Å². The Kier molecular flexibility index (Phi) is 6.79. The van der Waals surface area contributed by atoms with E-state index in [1.165, 1.54) is 18.0 Å². The van der Waals surface area contributed by atoms with Gasteiger partial charge in [-0.05, 0) is 42.8 Å². The van der Waals surface area contributed by atoms with E-state index >= 15 is 0 Å². The van der Waals surface area contributed by atoms with Gasteiger partial charge in [-0.2, -0.15) is 9.97 Å². The number of benzene rings is 1. The zero-order chi connectivity index (χ0) is 24.4. The third kappa shape index (κ3) is 4.59. The first-order valence-corrected chi connectivity index (χ1v) is 10.6. The molecule has 3 heterocycles. The number of anilines is 2.